The Morgan fingerprint density at radius 3 is 2.83 bits per heavy atom. The summed E-state index contributed by atoms with van der Waals surface area (Å²) >= 11 is 0. The number of carbonyl (C=O) groups excluding carboxylic acids is 3. The Hall–Kier alpha value is -3.22. The minimum Gasteiger partial charge on any atom is -0.618 e. The number of esters is 1. The summed E-state index contributed by atoms with van der Waals surface area (Å²) < 4.78 is 5.28. The van der Waals surface area contributed by atoms with E-state index in [1.165, 1.54) is 24.4 Å². The molecule has 24 heavy (non-hydrogen) atoms. The highest BCUT2D eigenvalue weighted by Crippen LogP contribution is 2.32. The zero-order chi connectivity index (χ0) is 17.3. The van der Waals surface area contributed by atoms with Crippen molar-refractivity contribution < 1.29 is 23.9 Å². The molecule has 0 spiro atoms. The molecule has 1 aromatic carbocycles. The summed E-state index contributed by atoms with van der Waals surface area (Å²) in [5.41, 5.74) is 1.56. The van der Waals surface area contributed by atoms with Crippen LogP contribution < -0.4 is 10.0 Å². The largest absolute Gasteiger partial charge is 0.618 e. The average molecular weight is 326 g/mol. The zero-order valence-corrected chi connectivity index (χ0v) is 12.8. The van der Waals surface area contributed by atoms with E-state index in [1.807, 2.05) is 0 Å². The van der Waals surface area contributed by atoms with Crippen LogP contribution in [0, 0.1) is 5.21 Å². The Balaban J connectivity index is 1.69. The molecule has 0 fully saturated rings. The Morgan fingerprint density at radius 2 is 2.08 bits per heavy atom. The number of benzene rings is 1. The molecule has 1 N–H and O–H groups in total. The number of ketones is 1. The quantitative estimate of drug-likeness (QED) is 0.396. The van der Waals surface area contributed by atoms with Crippen molar-refractivity contribution in [2.75, 3.05) is 11.9 Å². The first-order chi connectivity index (χ1) is 11.5. The van der Waals surface area contributed by atoms with Crippen molar-refractivity contribution >= 4 is 23.3 Å². The molecular weight excluding hydrogens is 312 g/mol. The molecule has 1 aliphatic heterocycles. The summed E-state index contributed by atoms with van der Waals surface area (Å²) in [6, 6.07) is 9.14. The van der Waals surface area contributed by atoms with Gasteiger partial charge in [0.25, 0.3) is 0 Å². The van der Waals surface area contributed by atoms with E-state index in [0.29, 0.717) is 16.0 Å². The lowest BCUT2D eigenvalue weighted by molar-refractivity contribution is -0.608. The molecule has 2 heterocycles. The molecule has 0 radical (unpaired) electrons. The third-order valence-corrected chi connectivity index (χ3v) is 3.86. The number of hydrogen-bond acceptors (Lipinski definition) is 5. The fourth-order valence-electron chi connectivity index (χ4n) is 2.47. The SMILES string of the molecule is C[C@@H]1C(=O)Nc2ccc(C(=O)COC(=O)c3cccc[n+]3[O-])cc21. The summed E-state index contributed by atoms with van der Waals surface area (Å²) in [7, 11) is 0. The molecule has 2 aromatic rings. The number of nitrogens with one attached hydrogen (secondary N) is 1. The molecule has 1 amide bonds. The molecule has 0 aliphatic carbocycles. The van der Waals surface area contributed by atoms with E-state index in [1.54, 1.807) is 25.1 Å². The van der Waals surface area contributed by atoms with Crippen molar-refractivity contribution in [3.8, 4) is 0 Å². The number of hydrogen-bond donors (Lipinski definition) is 1. The first kappa shape index (κ1) is 15.7. The number of fused-ring (bicyclic) bond motifs is 1. The van der Waals surface area contributed by atoms with Crippen LogP contribution in [0.15, 0.2) is 42.6 Å². The van der Waals surface area contributed by atoms with Gasteiger partial charge in [-0.3, -0.25) is 9.59 Å². The van der Waals surface area contributed by atoms with Crippen LogP contribution >= 0.6 is 0 Å². The van der Waals surface area contributed by atoms with Crippen LogP contribution in [-0.4, -0.2) is 24.3 Å². The van der Waals surface area contributed by atoms with Crippen molar-refractivity contribution in [1.29, 1.82) is 0 Å². The van der Waals surface area contributed by atoms with Gasteiger partial charge in [0.2, 0.25) is 5.91 Å². The monoisotopic (exact) mass is 326 g/mol. The molecule has 0 bridgehead atoms. The number of amides is 1. The lowest BCUT2D eigenvalue weighted by Crippen LogP contribution is -2.35. The molecule has 122 valence electrons. The van der Waals surface area contributed by atoms with E-state index in [2.05, 4.69) is 5.32 Å². The molecule has 0 saturated heterocycles. The maximum absolute atomic E-state index is 12.2. The summed E-state index contributed by atoms with van der Waals surface area (Å²) in [6.45, 7) is 1.26. The second-order valence-corrected chi connectivity index (χ2v) is 5.42. The van der Waals surface area contributed by atoms with Gasteiger partial charge in [0.15, 0.2) is 18.6 Å². The molecule has 1 aromatic heterocycles. The molecule has 0 unspecified atom stereocenters. The van der Waals surface area contributed by atoms with Gasteiger partial charge in [0.05, 0.1) is 5.92 Å². The van der Waals surface area contributed by atoms with E-state index >= 15 is 0 Å². The predicted molar refractivity (Wildman–Crippen MR) is 83.5 cm³/mol. The Kier molecular flexibility index (Phi) is 3.99. The van der Waals surface area contributed by atoms with E-state index in [0.717, 1.165) is 5.56 Å². The molecule has 1 atom stereocenters. The van der Waals surface area contributed by atoms with Gasteiger partial charge < -0.3 is 15.3 Å². The fraction of sp³-hybridized carbons (Fsp3) is 0.176. The van der Waals surface area contributed by atoms with Crippen LogP contribution in [0.3, 0.4) is 0 Å². The third kappa shape index (κ3) is 2.83. The van der Waals surface area contributed by atoms with Gasteiger partial charge in [0, 0.05) is 23.4 Å². The predicted octanol–water partition coefficient (Wildman–Crippen LogP) is 1.42. The van der Waals surface area contributed by atoms with Crippen LogP contribution in [0.2, 0.25) is 0 Å². The first-order valence-electron chi connectivity index (χ1n) is 7.30. The molecule has 7 heteroatoms. The number of ether oxygens (including phenoxy) is 1. The second kappa shape index (κ2) is 6.11. The third-order valence-electron chi connectivity index (χ3n) is 3.86. The van der Waals surface area contributed by atoms with Gasteiger partial charge >= 0.3 is 11.7 Å². The van der Waals surface area contributed by atoms with Gasteiger partial charge in [-0.05, 0) is 36.8 Å². The highest BCUT2D eigenvalue weighted by Gasteiger charge is 2.27. The maximum Gasteiger partial charge on any atom is 0.405 e. The fourth-order valence-corrected chi connectivity index (χ4v) is 2.47. The van der Waals surface area contributed by atoms with Crippen LogP contribution in [0.5, 0.6) is 0 Å². The normalized spacial score (nSPS) is 15.5. The lowest BCUT2D eigenvalue weighted by Gasteiger charge is -2.07. The van der Waals surface area contributed by atoms with E-state index in [9.17, 15) is 19.6 Å². The van der Waals surface area contributed by atoms with Crippen molar-refractivity contribution in [3.05, 3.63) is 64.6 Å². The van der Waals surface area contributed by atoms with Crippen molar-refractivity contribution in [1.82, 2.24) is 0 Å². The molecule has 1 aliphatic rings. The summed E-state index contributed by atoms with van der Waals surface area (Å²) in [6.07, 6.45) is 1.17. The number of pyridine rings is 1. The van der Waals surface area contributed by atoms with Gasteiger partial charge in [0.1, 0.15) is 0 Å². The number of carbonyl (C=O) groups is 3. The van der Waals surface area contributed by atoms with E-state index in [-0.39, 0.29) is 17.5 Å². The molecule has 3 rings (SSSR count). The minimum atomic E-state index is -0.870. The summed E-state index contributed by atoms with van der Waals surface area (Å²) in [5, 5.41) is 14.2. The average Bonchev–Trinajstić information content (AvgIpc) is 2.87. The smallest absolute Gasteiger partial charge is 0.405 e. The van der Waals surface area contributed by atoms with Gasteiger partial charge in [-0.25, -0.2) is 4.79 Å². The highest BCUT2D eigenvalue weighted by molar-refractivity contribution is 6.05. The Morgan fingerprint density at radius 1 is 1.29 bits per heavy atom. The highest BCUT2D eigenvalue weighted by atomic mass is 16.5. The Bertz CT molecular complexity index is 847. The van der Waals surface area contributed by atoms with Gasteiger partial charge in [-0.2, -0.15) is 4.73 Å². The first-order valence-corrected chi connectivity index (χ1v) is 7.30. The topological polar surface area (TPSA) is 99.4 Å². The van der Waals surface area contributed by atoms with E-state index < -0.39 is 18.4 Å². The Labute approximate surface area is 137 Å². The standard InChI is InChI=1S/C17H14N2O5/c1-10-12-8-11(5-6-13(12)18-16(10)21)15(20)9-24-17(22)14-4-2-3-7-19(14)23/h2-8,10H,9H2,1H3,(H,18,21)/t10-/m0/s1. The van der Waals surface area contributed by atoms with Crippen molar-refractivity contribution in [3.63, 3.8) is 0 Å². The molecular formula is C17H14N2O5. The number of nitrogens with zero attached hydrogens (tertiary/aromatic N) is 1. The number of aromatic nitrogens is 1. The summed E-state index contributed by atoms with van der Waals surface area (Å²) in [5.74, 6) is -1.74. The van der Waals surface area contributed by atoms with Gasteiger partial charge in [-0.1, -0.05) is 0 Å². The number of rotatable bonds is 4. The second-order valence-electron chi connectivity index (χ2n) is 5.42. The van der Waals surface area contributed by atoms with E-state index in [4.69, 9.17) is 4.74 Å². The zero-order valence-electron chi connectivity index (χ0n) is 12.8. The lowest BCUT2D eigenvalue weighted by atomic mass is 9.99. The van der Waals surface area contributed by atoms with Crippen LogP contribution in [-0.2, 0) is 9.53 Å². The van der Waals surface area contributed by atoms with Crippen LogP contribution in [0.25, 0.3) is 0 Å². The van der Waals surface area contributed by atoms with Crippen LogP contribution in [0.1, 0.15) is 39.3 Å². The summed E-state index contributed by atoms with van der Waals surface area (Å²) in [4.78, 5) is 35.6. The maximum atomic E-state index is 12.2. The number of anilines is 1. The molecule has 0 saturated carbocycles. The van der Waals surface area contributed by atoms with Crippen molar-refractivity contribution in [2.45, 2.75) is 12.8 Å². The van der Waals surface area contributed by atoms with Gasteiger partial charge in [-0.15, -0.1) is 0 Å². The minimum absolute atomic E-state index is 0.120. The molecule has 7 nitrogen and oxygen atoms in total. The van der Waals surface area contributed by atoms with Crippen LogP contribution in [0.4, 0.5) is 5.69 Å². The van der Waals surface area contributed by atoms with Crippen molar-refractivity contribution in [2.24, 2.45) is 0 Å². The number of Topliss-reactive ketones (excluding diaryl/α,β-unsaturated/α-hetero) is 1.